The van der Waals surface area contributed by atoms with Crippen LogP contribution in [-0.2, 0) is 25.6 Å². The van der Waals surface area contributed by atoms with E-state index >= 15 is 0 Å². The van der Waals surface area contributed by atoms with Crippen molar-refractivity contribution in [2.45, 2.75) is 64.2 Å². The van der Waals surface area contributed by atoms with Crippen LogP contribution < -0.4 is 0 Å². The van der Waals surface area contributed by atoms with Gasteiger partial charge in [-0.05, 0) is 31.7 Å². The van der Waals surface area contributed by atoms with Crippen molar-refractivity contribution in [2.75, 3.05) is 6.61 Å². The zero-order chi connectivity index (χ0) is 16.4. The van der Waals surface area contributed by atoms with E-state index in [1.54, 1.807) is 0 Å². The maximum Gasteiger partial charge on any atom is 0.190 e. The monoisotopic (exact) mass is 322 g/mol. The Morgan fingerprint density at radius 3 is 2.65 bits per heavy atom. The van der Waals surface area contributed by atoms with E-state index < -0.39 is 12.1 Å². The topological polar surface area (TPSA) is 57.2 Å². The lowest BCUT2D eigenvalue weighted by Gasteiger charge is -2.27. The molecular weight excluding hydrogens is 296 g/mol. The van der Waals surface area contributed by atoms with Gasteiger partial charge < -0.3 is 24.1 Å². The smallest absolute Gasteiger partial charge is 0.190 e. The van der Waals surface area contributed by atoms with Gasteiger partial charge in [-0.3, -0.25) is 0 Å². The third kappa shape index (κ3) is 3.92. The van der Waals surface area contributed by atoms with Crippen molar-refractivity contribution < 1.29 is 24.1 Å². The average Bonchev–Trinajstić information content (AvgIpc) is 2.97. The number of ether oxygens (including phenoxy) is 4. The second-order valence-corrected chi connectivity index (χ2v) is 6.93. The quantitative estimate of drug-likeness (QED) is 0.872. The first-order valence-electron chi connectivity index (χ1n) is 8.26. The fourth-order valence-corrected chi connectivity index (χ4v) is 3.18. The Morgan fingerprint density at radius 2 is 1.96 bits per heavy atom. The minimum atomic E-state index is -0.656. The summed E-state index contributed by atoms with van der Waals surface area (Å²) in [6.45, 7) is 6.40. The van der Waals surface area contributed by atoms with Gasteiger partial charge in [-0.1, -0.05) is 37.3 Å². The normalized spacial score (nSPS) is 33.6. The van der Waals surface area contributed by atoms with Gasteiger partial charge in [0.05, 0.1) is 12.7 Å². The molecule has 3 rings (SSSR count). The van der Waals surface area contributed by atoms with Crippen molar-refractivity contribution in [2.24, 2.45) is 5.92 Å². The van der Waals surface area contributed by atoms with Crippen molar-refractivity contribution >= 4 is 0 Å². The number of hydrogen-bond acceptors (Lipinski definition) is 5. The van der Waals surface area contributed by atoms with Crippen LogP contribution in [0.2, 0.25) is 0 Å². The van der Waals surface area contributed by atoms with Crippen LogP contribution in [0.4, 0.5) is 0 Å². The molecule has 5 atom stereocenters. The summed E-state index contributed by atoms with van der Waals surface area (Å²) in [7, 11) is 0. The van der Waals surface area contributed by atoms with Gasteiger partial charge in [-0.15, -0.1) is 0 Å². The Morgan fingerprint density at radius 1 is 1.22 bits per heavy atom. The number of hydrogen-bond donors (Lipinski definition) is 1. The minimum absolute atomic E-state index is 0.132. The van der Waals surface area contributed by atoms with Gasteiger partial charge in [-0.25, -0.2) is 0 Å². The molecule has 0 aromatic heterocycles. The first-order valence-corrected chi connectivity index (χ1v) is 8.26. The van der Waals surface area contributed by atoms with Gasteiger partial charge in [0.2, 0.25) is 0 Å². The summed E-state index contributed by atoms with van der Waals surface area (Å²) in [5.74, 6) is -0.508. The molecule has 2 aliphatic heterocycles. The highest BCUT2D eigenvalue weighted by Crippen LogP contribution is 2.40. The Bertz CT molecular complexity index is 503. The Labute approximate surface area is 137 Å². The van der Waals surface area contributed by atoms with Crippen molar-refractivity contribution in [3.63, 3.8) is 0 Å². The third-order valence-corrected chi connectivity index (χ3v) is 4.32. The molecule has 0 radical (unpaired) electrons. The van der Waals surface area contributed by atoms with Gasteiger partial charge >= 0.3 is 0 Å². The van der Waals surface area contributed by atoms with E-state index in [4.69, 9.17) is 18.9 Å². The second-order valence-electron chi connectivity index (χ2n) is 6.93. The molecule has 23 heavy (non-hydrogen) atoms. The Hall–Kier alpha value is -0.980. The molecule has 1 unspecified atom stereocenters. The highest BCUT2D eigenvalue weighted by molar-refractivity contribution is 5.13. The lowest BCUT2D eigenvalue weighted by Crippen LogP contribution is -2.37. The maximum absolute atomic E-state index is 9.32. The predicted octanol–water partition coefficient (Wildman–Crippen LogP) is 2.47. The zero-order valence-corrected chi connectivity index (χ0v) is 14.0. The number of aliphatic hydroxyl groups is 1. The number of rotatable bonds is 6. The van der Waals surface area contributed by atoms with Gasteiger partial charge in [0, 0.05) is 6.61 Å². The standard InChI is InChI=1S/C18H26O5/c1-12(10-19)9-14-15(20-11-13-7-5-4-6-8-13)16-17(21-14)23-18(2,3)22-16/h4-8,12,14-17,19H,9-11H2,1-3H3/t12?,14-,15+,16-,17-/m1/s1. The van der Waals surface area contributed by atoms with E-state index in [0.29, 0.717) is 6.61 Å². The van der Waals surface area contributed by atoms with Crippen LogP contribution in [0.25, 0.3) is 0 Å². The van der Waals surface area contributed by atoms with Gasteiger partial charge in [-0.2, -0.15) is 0 Å². The lowest BCUT2D eigenvalue weighted by molar-refractivity contribution is -0.221. The number of aliphatic hydroxyl groups excluding tert-OH is 1. The highest BCUT2D eigenvalue weighted by Gasteiger charge is 2.55. The highest BCUT2D eigenvalue weighted by atomic mass is 16.8. The van der Waals surface area contributed by atoms with Crippen LogP contribution in [-0.4, -0.2) is 42.1 Å². The molecule has 0 spiro atoms. The molecule has 1 aromatic carbocycles. The molecule has 1 N–H and O–H groups in total. The number of benzene rings is 1. The summed E-state index contributed by atoms with van der Waals surface area (Å²) in [6.07, 6.45) is -0.245. The summed E-state index contributed by atoms with van der Waals surface area (Å²) >= 11 is 0. The zero-order valence-electron chi connectivity index (χ0n) is 14.0. The molecular formula is C18H26O5. The first-order chi connectivity index (χ1) is 11.0. The van der Waals surface area contributed by atoms with E-state index in [1.807, 2.05) is 51.1 Å². The molecule has 0 saturated carbocycles. The van der Waals surface area contributed by atoms with E-state index in [9.17, 15) is 5.11 Å². The first kappa shape index (κ1) is 16.9. The Balaban J connectivity index is 1.68. The van der Waals surface area contributed by atoms with Crippen LogP contribution in [0.1, 0.15) is 32.8 Å². The van der Waals surface area contributed by atoms with Crippen LogP contribution in [0.3, 0.4) is 0 Å². The molecule has 5 nitrogen and oxygen atoms in total. The maximum atomic E-state index is 9.32. The summed E-state index contributed by atoms with van der Waals surface area (Å²) in [4.78, 5) is 0. The predicted molar refractivity (Wildman–Crippen MR) is 84.6 cm³/mol. The Kier molecular flexibility index (Phi) is 5.04. The SMILES string of the molecule is CC(CO)C[C@H]1O[C@@H]2OC(C)(C)O[C@@H]2[C@H]1OCc1ccccc1. The molecule has 2 aliphatic rings. The molecule has 1 aromatic rings. The molecule has 128 valence electrons. The second kappa shape index (κ2) is 6.87. The van der Waals surface area contributed by atoms with Crippen LogP contribution in [0, 0.1) is 5.92 Å². The summed E-state index contributed by atoms with van der Waals surface area (Å²) in [5.41, 5.74) is 1.11. The van der Waals surface area contributed by atoms with E-state index in [2.05, 4.69) is 0 Å². The molecule has 2 fully saturated rings. The molecule has 2 saturated heterocycles. The fourth-order valence-electron chi connectivity index (χ4n) is 3.18. The molecule has 5 heteroatoms. The number of fused-ring (bicyclic) bond motifs is 1. The van der Waals surface area contributed by atoms with Crippen LogP contribution >= 0.6 is 0 Å². The van der Waals surface area contributed by atoms with Gasteiger partial charge in [0.15, 0.2) is 12.1 Å². The van der Waals surface area contributed by atoms with Crippen molar-refractivity contribution in [1.29, 1.82) is 0 Å². The largest absolute Gasteiger partial charge is 0.396 e. The van der Waals surface area contributed by atoms with E-state index in [-0.39, 0.29) is 30.8 Å². The fraction of sp³-hybridized carbons (Fsp3) is 0.667. The minimum Gasteiger partial charge on any atom is -0.396 e. The van der Waals surface area contributed by atoms with Crippen LogP contribution in [0.15, 0.2) is 30.3 Å². The molecule has 0 aliphatic carbocycles. The molecule has 0 amide bonds. The van der Waals surface area contributed by atoms with Gasteiger partial charge in [0.25, 0.3) is 0 Å². The molecule has 0 bridgehead atoms. The average molecular weight is 322 g/mol. The molecule has 2 heterocycles. The van der Waals surface area contributed by atoms with Crippen molar-refractivity contribution in [3.8, 4) is 0 Å². The summed E-state index contributed by atoms with van der Waals surface area (Å²) in [5, 5.41) is 9.32. The summed E-state index contributed by atoms with van der Waals surface area (Å²) in [6, 6.07) is 10.1. The summed E-state index contributed by atoms with van der Waals surface area (Å²) < 4.78 is 24.0. The third-order valence-electron chi connectivity index (χ3n) is 4.32. The van der Waals surface area contributed by atoms with E-state index in [1.165, 1.54) is 0 Å². The van der Waals surface area contributed by atoms with Gasteiger partial charge in [0.1, 0.15) is 12.2 Å². The van der Waals surface area contributed by atoms with Crippen molar-refractivity contribution in [1.82, 2.24) is 0 Å². The van der Waals surface area contributed by atoms with E-state index in [0.717, 1.165) is 12.0 Å². The lowest BCUT2D eigenvalue weighted by atomic mass is 9.99. The van der Waals surface area contributed by atoms with Crippen LogP contribution in [0.5, 0.6) is 0 Å². The van der Waals surface area contributed by atoms with Crippen molar-refractivity contribution in [3.05, 3.63) is 35.9 Å².